The first-order chi connectivity index (χ1) is 8.26. The predicted octanol–water partition coefficient (Wildman–Crippen LogP) is 3.39. The Balaban J connectivity index is 3.02. The van der Waals surface area contributed by atoms with Gasteiger partial charge in [-0.05, 0) is 18.1 Å². The van der Waals surface area contributed by atoms with E-state index < -0.39 is 0 Å². The summed E-state index contributed by atoms with van der Waals surface area (Å²) >= 11 is 0. The number of benzene rings is 1. The maximum Gasteiger partial charge on any atom is 0.162 e. The maximum absolute atomic E-state index is 8.98. The Morgan fingerprint density at radius 1 is 1.41 bits per heavy atom. The van der Waals surface area contributed by atoms with E-state index in [4.69, 9.17) is 14.7 Å². The summed E-state index contributed by atoms with van der Waals surface area (Å²) in [7, 11) is 1.57. The van der Waals surface area contributed by atoms with Crippen molar-refractivity contribution in [2.75, 3.05) is 13.7 Å². The molecule has 0 bridgehead atoms. The fourth-order valence-electron chi connectivity index (χ4n) is 1.44. The summed E-state index contributed by atoms with van der Waals surface area (Å²) < 4.78 is 10.8. The molecule has 0 spiro atoms. The summed E-state index contributed by atoms with van der Waals surface area (Å²) in [5, 5.41) is 8.98. The number of rotatable bonds is 6. The van der Waals surface area contributed by atoms with Gasteiger partial charge in [-0.2, -0.15) is 5.26 Å². The number of hydrogen-bond donors (Lipinski definition) is 0. The molecule has 0 radical (unpaired) electrons. The number of nitriles is 1. The largest absolute Gasteiger partial charge is 0.493 e. The highest BCUT2D eigenvalue weighted by atomic mass is 16.5. The molecule has 0 amide bonds. The normalized spacial score (nSPS) is 9.47. The van der Waals surface area contributed by atoms with Crippen molar-refractivity contribution in [3.8, 4) is 17.6 Å². The van der Waals surface area contributed by atoms with Crippen LogP contribution in [0, 0.1) is 11.3 Å². The number of methoxy groups -OCH3 is 1. The van der Waals surface area contributed by atoms with Crippen molar-refractivity contribution in [1.29, 1.82) is 5.26 Å². The zero-order valence-corrected chi connectivity index (χ0v) is 10.3. The second-order valence-electron chi connectivity index (χ2n) is 3.61. The Morgan fingerprint density at radius 3 is 2.71 bits per heavy atom. The Morgan fingerprint density at radius 2 is 2.18 bits per heavy atom. The average Bonchev–Trinajstić information content (AvgIpc) is 2.38. The van der Waals surface area contributed by atoms with Gasteiger partial charge in [0.1, 0.15) is 0 Å². The lowest BCUT2D eigenvalue weighted by Crippen LogP contribution is -2.00. The fourth-order valence-corrected chi connectivity index (χ4v) is 1.44. The molecule has 90 valence electrons. The van der Waals surface area contributed by atoms with Crippen molar-refractivity contribution in [2.24, 2.45) is 0 Å². The first kappa shape index (κ1) is 13.1. The van der Waals surface area contributed by atoms with Crippen LogP contribution < -0.4 is 9.47 Å². The lowest BCUT2D eigenvalue weighted by atomic mass is 10.1. The van der Waals surface area contributed by atoms with Crippen LogP contribution in [0.4, 0.5) is 0 Å². The third-order valence-electron chi connectivity index (χ3n) is 2.43. The van der Waals surface area contributed by atoms with E-state index in [1.54, 1.807) is 25.3 Å². The number of unbranched alkanes of at least 4 members (excludes halogenated alkanes) is 1. The van der Waals surface area contributed by atoms with Gasteiger partial charge < -0.3 is 9.47 Å². The minimum Gasteiger partial charge on any atom is -0.493 e. The standard InChI is InChI=1S/C14H17NO2/c1-4-6-7-17-14-8-11(5-2)12(10-15)9-13(14)16-3/h5,8-9H,2,4,6-7H2,1,3H3. The highest BCUT2D eigenvalue weighted by Crippen LogP contribution is 2.31. The van der Waals surface area contributed by atoms with Crippen LogP contribution in [0.5, 0.6) is 11.5 Å². The van der Waals surface area contributed by atoms with Gasteiger partial charge in [0.25, 0.3) is 0 Å². The zero-order chi connectivity index (χ0) is 12.7. The average molecular weight is 231 g/mol. The molecule has 0 aliphatic heterocycles. The molecule has 0 atom stereocenters. The minimum absolute atomic E-state index is 0.541. The highest BCUT2D eigenvalue weighted by Gasteiger charge is 2.09. The quantitative estimate of drug-likeness (QED) is 0.705. The van der Waals surface area contributed by atoms with E-state index in [0.29, 0.717) is 23.7 Å². The molecule has 0 aliphatic carbocycles. The van der Waals surface area contributed by atoms with Gasteiger partial charge >= 0.3 is 0 Å². The molecular formula is C14H17NO2. The Labute approximate surface area is 102 Å². The molecule has 0 N–H and O–H groups in total. The monoisotopic (exact) mass is 231 g/mol. The predicted molar refractivity (Wildman–Crippen MR) is 68.2 cm³/mol. The van der Waals surface area contributed by atoms with Crippen molar-refractivity contribution in [3.63, 3.8) is 0 Å². The maximum atomic E-state index is 8.98. The summed E-state index contributed by atoms with van der Waals surface area (Å²) in [6, 6.07) is 5.58. The first-order valence-electron chi connectivity index (χ1n) is 5.64. The summed E-state index contributed by atoms with van der Waals surface area (Å²) in [5.74, 6) is 1.25. The van der Waals surface area contributed by atoms with Crippen molar-refractivity contribution >= 4 is 6.08 Å². The summed E-state index contributed by atoms with van der Waals surface area (Å²) in [4.78, 5) is 0. The van der Waals surface area contributed by atoms with Crippen molar-refractivity contribution < 1.29 is 9.47 Å². The Hall–Kier alpha value is -1.95. The molecule has 0 unspecified atom stereocenters. The third-order valence-corrected chi connectivity index (χ3v) is 2.43. The lowest BCUT2D eigenvalue weighted by Gasteiger charge is -2.12. The van der Waals surface area contributed by atoms with Gasteiger partial charge in [0.15, 0.2) is 11.5 Å². The smallest absolute Gasteiger partial charge is 0.162 e. The highest BCUT2D eigenvalue weighted by molar-refractivity contribution is 5.62. The van der Waals surface area contributed by atoms with Crippen LogP contribution in [-0.2, 0) is 0 Å². The zero-order valence-electron chi connectivity index (χ0n) is 10.3. The second-order valence-corrected chi connectivity index (χ2v) is 3.61. The lowest BCUT2D eigenvalue weighted by molar-refractivity contribution is 0.288. The molecule has 0 fully saturated rings. The van der Waals surface area contributed by atoms with Crippen LogP contribution in [0.25, 0.3) is 6.08 Å². The van der Waals surface area contributed by atoms with Gasteiger partial charge in [-0.15, -0.1) is 0 Å². The minimum atomic E-state index is 0.541. The molecule has 3 nitrogen and oxygen atoms in total. The van der Waals surface area contributed by atoms with Crippen LogP contribution in [0.15, 0.2) is 18.7 Å². The van der Waals surface area contributed by atoms with Crippen LogP contribution in [0.1, 0.15) is 30.9 Å². The van der Waals surface area contributed by atoms with Crippen molar-refractivity contribution in [2.45, 2.75) is 19.8 Å². The molecule has 0 heterocycles. The molecule has 0 saturated heterocycles. The number of ether oxygens (including phenoxy) is 2. The Kier molecular flexibility index (Phi) is 5.09. The number of hydrogen-bond acceptors (Lipinski definition) is 3. The van der Waals surface area contributed by atoms with Gasteiger partial charge in [-0.1, -0.05) is 26.0 Å². The molecule has 0 saturated carbocycles. The van der Waals surface area contributed by atoms with Crippen molar-refractivity contribution in [3.05, 3.63) is 29.8 Å². The number of nitrogens with zero attached hydrogens (tertiary/aromatic N) is 1. The molecule has 1 aromatic carbocycles. The van der Waals surface area contributed by atoms with Gasteiger partial charge in [0.05, 0.1) is 25.3 Å². The van der Waals surface area contributed by atoms with Gasteiger partial charge in [-0.3, -0.25) is 0 Å². The molecule has 0 aliphatic rings. The molecule has 0 aromatic heterocycles. The summed E-state index contributed by atoms with van der Waals surface area (Å²) in [6.07, 6.45) is 3.71. The summed E-state index contributed by atoms with van der Waals surface area (Å²) in [5.41, 5.74) is 1.31. The van der Waals surface area contributed by atoms with E-state index in [2.05, 4.69) is 19.6 Å². The molecule has 1 aromatic rings. The fraction of sp³-hybridized carbons (Fsp3) is 0.357. The van der Waals surface area contributed by atoms with Crippen molar-refractivity contribution in [1.82, 2.24) is 0 Å². The van der Waals surface area contributed by atoms with Gasteiger partial charge in [0, 0.05) is 6.07 Å². The van der Waals surface area contributed by atoms with E-state index in [1.165, 1.54) is 0 Å². The second kappa shape index (κ2) is 6.59. The van der Waals surface area contributed by atoms with E-state index >= 15 is 0 Å². The third kappa shape index (κ3) is 3.25. The van der Waals surface area contributed by atoms with Crippen LogP contribution in [-0.4, -0.2) is 13.7 Å². The molecular weight excluding hydrogens is 214 g/mol. The van der Waals surface area contributed by atoms with E-state index in [0.717, 1.165) is 18.4 Å². The van der Waals surface area contributed by atoms with Crippen LogP contribution >= 0.6 is 0 Å². The Bertz CT molecular complexity index is 433. The van der Waals surface area contributed by atoms with E-state index in [1.807, 2.05) is 0 Å². The van der Waals surface area contributed by atoms with Gasteiger partial charge in [0.2, 0.25) is 0 Å². The van der Waals surface area contributed by atoms with E-state index in [9.17, 15) is 0 Å². The first-order valence-corrected chi connectivity index (χ1v) is 5.64. The van der Waals surface area contributed by atoms with E-state index in [-0.39, 0.29) is 0 Å². The molecule has 1 rings (SSSR count). The van der Waals surface area contributed by atoms with Crippen LogP contribution in [0.3, 0.4) is 0 Å². The summed E-state index contributed by atoms with van der Waals surface area (Å²) in [6.45, 7) is 6.44. The molecule has 17 heavy (non-hydrogen) atoms. The molecule has 3 heteroatoms. The topological polar surface area (TPSA) is 42.2 Å². The van der Waals surface area contributed by atoms with Gasteiger partial charge in [-0.25, -0.2) is 0 Å². The SMILES string of the molecule is C=Cc1cc(OCCCC)c(OC)cc1C#N. The van der Waals surface area contributed by atoms with Crippen LogP contribution in [0.2, 0.25) is 0 Å².